The van der Waals surface area contributed by atoms with Crippen LogP contribution < -0.4 is 10.6 Å². The van der Waals surface area contributed by atoms with Crippen molar-refractivity contribution in [2.75, 3.05) is 43.5 Å². The largest absolute Gasteiger partial charge is 0.462 e. The van der Waals surface area contributed by atoms with Crippen LogP contribution >= 0.6 is 0 Å². The van der Waals surface area contributed by atoms with E-state index >= 15 is 0 Å². The minimum Gasteiger partial charge on any atom is -0.462 e. The highest BCUT2D eigenvalue weighted by Crippen LogP contribution is 2.26. The van der Waals surface area contributed by atoms with Crippen molar-refractivity contribution in [3.05, 3.63) is 17.8 Å². The summed E-state index contributed by atoms with van der Waals surface area (Å²) >= 11 is 0. The molecule has 1 aliphatic heterocycles. The molecule has 0 amide bonds. The first kappa shape index (κ1) is 14.5. The monoisotopic (exact) mass is 281 g/mol. The van der Waals surface area contributed by atoms with E-state index in [1.165, 1.54) is 6.20 Å². The normalized spacial score (nSPS) is 18.9. The number of hydrogen-bond donors (Lipinski definition) is 2. The summed E-state index contributed by atoms with van der Waals surface area (Å²) in [6.45, 7) is 3.55. The Morgan fingerprint density at radius 3 is 3.20 bits per heavy atom. The van der Waals surface area contributed by atoms with Crippen LogP contribution in [0.25, 0.3) is 0 Å². The molecule has 1 atom stereocenters. The van der Waals surface area contributed by atoms with Gasteiger partial charge in [0.05, 0.1) is 37.2 Å². The number of pyridine rings is 1. The number of hydrogen-bond acceptors (Lipinski definition) is 7. The molecule has 2 heterocycles. The van der Waals surface area contributed by atoms with Gasteiger partial charge in [0.15, 0.2) is 5.82 Å². The van der Waals surface area contributed by atoms with Gasteiger partial charge in [-0.25, -0.2) is 9.78 Å². The first-order valence-corrected chi connectivity index (χ1v) is 6.56. The number of ether oxygens (including phenoxy) is 2. The number of aromatic nitrogens is 1. The fraction of sp³-hybridized carbons (Fsp3) is 0.538. The number of carbonyl (C=O) groups is 1. The number of anilines is 2. The van der Waals surface area contributed by atoms with Crippen molar-refractivity contribution in [3.8, 4) is 0 Å². The van der Waals surface area contributed by atoms with Gasteiger partial charge in [0.2, 0.25) is 0 Å². The Hall–Kier alpha value is -1.86. The number of nitrogens with two attached hydrogens (primary N) is 1. The molecule has 20 heavy (non-hydrogen) atoms. The molecule has 0 aromatic carbocycles. The van der Waals surface area contributed by atoms with E-state index in [2.05, 4.69) is 4.98 Å². The van der Waals surface area contributed by atoms with Crippen molar-refractivity contribution in [1.82, 2.24) is 4.98 Å². The third-order valence-corrected chi connectivity index (χ3v) is 3.11. The Bertz CT molecular complexity index is 481. The molecule has 1 aromatic heterocycles. The molecule has 0 aliphatic carbocycles. The second-order valence-electron chi connectivity index (χ2n) is 4.44. The van der Waals surface area contributed by atoms with Crippen LogP contribution in [-0.4, -0.2) is 55.1 Å². The molecular formula is C13H19N3O4. The number of aliphatic hydroxyl groups excluding tert-OH is 1. The molecule has 1 aromatic rings. The molecule has 1 unspecified atom stereocenters. The Balaban J connectivity index is 2.24. The van der Waals surface area contributed by atoms with E-state index in [4.69, 9.17) is 20.3 Å². The predicted molar refractivity (Wildman–Crippen MR) is 73.6 cm³/mol. The molecule has 1 saturated heterocycles. The first-order valence-electron chi connectivity index (χ1n) is 6.56. The van der Waals surface area contributed by atoms with E-state index in [-0.39, 0.29) is 12.7 Å². The van der Waals surface area contributed by atoms with E-state index in [0.717, 1.165) is 0 Å². The fourth-order valence-corrected chi connectivity index (χ4v) is 2.12. The van der Waals surface area contributed by atoms with Gasteiger partial charge in [-0.15, -0.1) is 0 Å². The van der Waals surface area contributed by atoms with Gasteiger partial charge >= 0.3 is 5.97 Å². The Kier molecular flexibility index (Phi) is 4.75. The van der Waals surface area contributed by atoms with Crippen LogP contribution in [0.5, 0.6) is 0 Å². The third-order valence-electron chi connectivity index (χ3n) is 3.11. The van der Waals surface area contributed by atoms with Gasteiger partial charge in [-0.05, 0) is 13.0 Å². The van der Waals surface area contributed by atoms with Gasteiger partial charge in [0.25, 0.3) is 0 Å². The Morgan fingerprint density at radius 1 is 1.70 bits per heavy atom. The highest BCUT2D eigenvalue weighted by molar-refractivity contribution is 5.97. The number of nitrogens with zero attached hydrogens (tertiary/aromatic N) is 2. The Labute approximate surface area is 117 Å². The smallest absolute Gasteiger partial charge is 0.340 e. The molecule has 7 nitrogen and oxygen atoms in total. The zero-order valence-corrected chi connectivity index (χ0v) is 11.4. The standard InChI is InChI=1S/C13H19N3O4/c1-2-19-13(18)10-3-4-15-12(11(10)14)16-5-6-20-9(7-16)8-17/h3-4,9,17H,2,5-8,14H2,1H3. The zero-order valence-electron chi connectivity index (χ0n) is 11.4. The van der Waals surface area contributed by atoms with Gasteiger partial charge in [0.1, 0.15) is 0 Å². The van der Waals surface area contributed by atoms with Crippen molar-refractivity contribution in [1.29, 1.82) is 0 Å². The van der Waals surface area contributed by atoms with Crippen LogP contribution in [0.1, 0.15) is 17.3 Å². The summed E-state index contributed by atoms with van der Waals surface area (Å²) in [4.78, 5) is 17.9. The van der Waals surface area contributed by atoms with Gasteiger partial charge in [0, 0.05) is 19.3 Å². The first-order chi connectivity index (χ1) is 9.67. The lowest BCUT2D eigenvalue weighted by Crippen LogP contribution is -2.44. The summed E-state index contributed by atoms with van der Waals surface area (Å²) in [6, 6.07) is 1.54. The van der Waals surface area contributed by atoms with E-state index in [0.29, 0.717) is 43.4 Å². The highest BCUT2D eigenvalue weighted by atomic mass is 16.5. The molecular weight excluding hydrogens is 262 g/mol. The van der Waals surface area contributed by atoms with Crippen LogP contribution in [0, 0.1) is 0 Å². The maximum Gasteiger partial charge on any atom is 0.340 e. The quantitative estimate of drug-likeness (QED) is 0.752. The van der Waals surface area contributed by atoms with Crippen molar-refractivity contribution < 1.29 is 19.4 Å². The molecule has 7 heteroatoms. The van der Waals surface area contributed by atoms with Gasteiger partial charge in [-0.3, -0.25) is 0 Å². The second-order valence-corrected chi connectivity index (χ2v) is 4.44. The lowest BCUT2D eigenvalue weighted by molar-refractivity contribution is 0.00340. The maximum atomic E-state index is 11.8. The molecule has 0 bridgehead atoms. The molecule has 3 N–H and O–H groups in total. The molecule has 0 saturated carbocycles. The summed E-state index contributed by atoms with van der Waals surface area (Å²) in [5.74, 6) is 0.0675. The number of esters is 1. The summed E-state index contributed by atoms with van der Waals surface area (Å²) in [5.41, 5.74) is 6.63. The fourth-order valence-electron chi connectivity index (χ4n) is 2.12. The minimum absolute atomic E-state index is 0.0615. The molecule has 1 fully saturated rings. The topological polar surface area (TPSA) is 97.9 Å². The lowest BCUT2D eigenvalue weighted by atomic mass is 10.2. The van der Waals surface area contributed by atoms with Crippen molar-refractivity contribution >= 4 is 17.5 Å². The molecule has 0 spiro atoms. The predicted octanol–water partition coefficient (Wildman–Crippen LogP) is 0.0380. The van der Waals surface area contributed by atoms with E-state index in [1.54, 1.807) is 13.0 Å². The molecule has 110 valence electrons. The van der Waals surface area contributed by atoms with Crippen LogP contribution in [0.2, 0.25) is 0 Å². The average molecular weight is 281 g/mol. The van der Waals surface area contributed by atoms with Crippen LogP contribution in [0.4, 0.5) is 11.5 Å². The van der Waals surface area contributed by atoms with Crippen LogP contribution in [0.15, 0.2) is 12.3 Å². The van der Waals surface area contributed by atoms with E-state index in [1.807, 2.05) is 4.90 Å². The number of nitrogen functional groups attached to an aromatic ring is 1. The van der Waals surface area contributed by atoms with E-state index in [9.17, 15) is 4.79 Å². The van der Waals surface area contributed by atoms with Gasteiger partial charge < -0.3 is 25.2 Å². The van der Waals surface area contributed by atoms with Gasteiger partial charge in [-0.2, -0.15) is 0 Å². The number of rotatable bonds is 4. The van der Waals surface area contributed by atoms with Crippen molar-refractivity contribution in [2.24, 2.45) is 0 Å². The summed E-state index contributed by atoms with van der Waals surface area (Å²) in [7, 11) is 0. The summed E-state index contributed by atoms with van der Waals surface area (Å²) in [6.07, 6.45) is 1.26. The van der Waals surface area contributed by atoms with Crippen molar-refractivity contribution in [3.63, 3.8) is 0 Å². The van der Waals surface area contributed by atoms with Crippen LogP contribution in [-0.2, 0) is 9.47 Å². The maximum absolute atomic E-state index is 11.8. The number of aliphatic hydroxyl groups is 1. The van der Waals surface area contributed by atoms with Gasteiger partial charge in [-0.1, -0.05) is 0 Å². The summed E-state index contributed by atoms with van der Waals surface area (Å²) in [5, 5.41) is 9.16. The minimum atomic E-state index is -0.458. The number of morpholine rings is 1. The average Bonchev–Trinajstić information content (AvgIpc) is 2.47. The number of carbonyl (C=O) groups excluding carboxylic acids is 1. The van der Waals surface area contributed by atoms with Crippen molar-refractivity contribution in [2.45, 2.75) is 13.0 Å². The third kappa shape index (κ3) is 3.00. The SMILES string of the molecule is CCOC(=O)c1ccnc(N2CCOC(CO)C2)c1N. The zero-order chi connectivity index (χ0) is 14.5. The molecule has 2 rings (SSSR count). The summed E-state index contributed by atoms with van der Waals surface area (Å²) < 4.78 is 10.3. The van der Waals surface area contributed by atoms with Crippen LogP contribution in [0.3, 0.4) is 0 Å². The molecule has 1 aliphatic rings. The highest BCUT2D eigenvalue weighted by Gasteiger charge is 2.24. The lowest BCUT2D eigenvalue weighted by Gasteiger charge is -2.33. The second kappa shape index (κ2) is 6.53. The van der Waals surface area contributed by atoms with E-state index < -0.39 is 5.97 Å². The Morgan fingerprint density at radius 2 is 2.50 bits per heavy atom. The molecule has 0 radical (unpaired) electrons.